The highest BCUT2D eigenvalue weighted by Crippen LogP contribution is 2.34. The van der Waals surface area contributed by atoms with Crippen LogP contribution in [0.1, 0.15) is 17.6 Å². The van der Waals surface area contributed by atoms with E-state index in [0.29, 0.717) is 17.2 Å². The molecule has 1 aromatic heterocycles. The number of anilines is 1. The van der Waals surface area contributed by atoms with E-state index in [-0.39, 0.29) is 31.4 Å². The lowest BCUT2D eigenvalue weighted by molar-refractivity contribution is -0.116. The number of benzene rings is 2. The minimum absolute atomic E-state index is 0.109. The van der Waals surface area contributed by atoms with E-state index in [4.69, 9.17) is 9.47 Å². The quantitative estimate of drug-likeness (QED) is 0.792. The summed E-state index contributed by atoms with van der Waals surface area (Å²) in [6.45, 7) is 0.187. The highest BCUT2D eigenvalue weighted by atomic mass is 16.7. The van der Waals surface area contributed by atoms with Gasteiger partial charge in [-0.3, -0.25) is 14.2 Å². The molecule has 126 valence electrons. The second kappa shape index (κ2) is 6.32. The minimum Gasteiger partial charge on any atom is -0.454 e. The number of nitrogens with zero attached hydrogens (tertiary/aromatic N) is 1. The minimum atomic E-state index is -0.219. The van der Waals surface area contributed by atoms with Crippen LogP contribution < -0.4 is 14.8 Å². The molecule has 0 bridgehead atoms. The molecule has 2 heterocycles. The van der Waals surface area contributed by atoms with Gasteiger partial charge in [-0.05, 0) is 24.3 Å². The summed E-state index contributed by atoms with van der Waals surface area (Å²) in [5.41, 5.74) is 1.47. The molecule has 0 aliphatic carbocycles. The molecule has 0 saturated carbocycles. The zero-order valence-electron chi connectivity index (χ0n) is 13.4. The summed E-state index contributed by atoms with van der Waals surface area (Å²) < 4.78 is 12.1. The zero-order chi connectivity index (χ0) is 17.2. The van der Waals surface area contributed by atoms with E-state index in [2.05, 4.69) is 5.32 Å². The molecule has 1 aliphatic rings. The topological polar surface area (TPSA) is 69.6 Å². The third kappa shape index (κ3) is 3.06. The Hall–Kier alpha value is -3.28. The summed E-state index contributed by atoms with van der Waals surface area (Å²) >= 11 is 0. The molecule has 25 heavy (non-hydrogen) atoms. The lowest BCUT2D eigenvalue weighted by Crippen LogP contribution is -2.16. The van der Waals surface area contributed by atoms with Gasteiger partial charge in [-0.25, -0.2) is 0 Å². The Morgan fingerprint density at radius 1 is 1.00 bits per heavy atom. The first-order chi connectivity index (χ1) is 12.2. The molecule has 4 rings (SSSR count). The maximum absolute atomic E-state index is 12.4. The SMILES string of the molecule is O=C(CCC(=O)n1ccc2ccccc21)Nc1ccc2c(c1)OCO2. The van der Waals surface area contributed by atoms with Gasteiger partial charge >= 0.3 is 0 Å². The molecule has 0 spiro atoms. The van der Waals surface area contributed by atoms with E-state index < -0.39 is 0 Å². The molecule has 1 amide bonds. The van der Waals surface area contributed by atoms with Crippen LogP contribution in [0.15, 0.2) is 54.7 Å². The first-order valence-electron chi connectivity index (χ1n) is 7.99. The number of nitrogens with one attached hydrogen (secondary N) is 1. The molecule has 2 aromatic carbocycles. The van der Waals surface area contributed by atoms with Gasteiger partial charge in [-0.1, -0.05) is 18.2 Å². The van der Waals surface area contributed by atoms with E-state index in [1.165, 1.54) is 0 Å². The predicted molar refractivity (Wildman–Crippen MR) is 93.0 cm³/mol. The van der Waals surface area contributed by atoms with E-state index in [0.717, 1.165) is 10.9 Å². The maximum Gasteiger partial charge on any atom is 0.231 e. The Bertz CT molecular complexity index is 961. The van der Waals surface area contributed by atoms with Crippen molar-refractivity contribution in [2.75, 3.05) is 12.1 Å². The normalized spacial score (nSPS) is 12.3. The van der Waals surface area contributed by atoms with Crippen molar-refractivity contribution >= 4 is 28.4 Å². The molecule has 3 aromatic rings. The maximum atomic E-state index is 12.4. The monoisotopic (exact) mass is 336 g/mol. The summed E-state index contributed by atoms with van der Waals surface area (Å²) in [6, 6.07) is 14.7. The summed E-state index contributed by atoms with van der Waals surface area (Å²) in [5, 5.41) is 3.77. The average Bonchev–Trinajstić information content (AvgIpc) is 3.26. The average molecular weight is 336 g/mol. The van der Waals surface area contributed by atoms with Gasteiger partial charge in [0.15, 0.2) is 11.5 Å². The van der Waals surface area contributed by atoms with Crippen LogP contribution in [0.4, 0.5) is 5.69 Å². The van der Waals surface area contributed by atoms with Crippen LogP contribution in [0.2, 0.25) is 0 Å². The Kier molecular flexibility index (Phi) is 3.85. The van der Waals surface area contributed by atoms with Crippen LogP contribution >= 0.6 is 0 Å². The number of para-hydroxylation sites is 1. The standard InChI is InChI=1S/C19H16N2O4/c22-18(20-14-5-6-16-17(11-14)25-12-24-16)7-8-19(23)21-10-9-13-3-1-2-4-15(13)21/h1-6,9-11H,7-8,12H2,(H,20,22). The van der Waals surface area contributed by atoms with Crippen molar-refractivity contribution in [2.24, 2.45) is 0 Å². The van der Waals surface area contributed by atoms with E-state index in [1.54, 1.807) is 29.0 Å². The molecule has 0 radical (unpaired) electrons. The van der Waals surface area contributed by atoms with Crippen molar-refractivity contribution in [3.8, 4) is 11.5 Å². The van der Waals surface area contributed by atoms with Gasteiger partial charge in [0.2, 0.25) is 18.6 Å². The third-order valence-corrected chi connectivity index (χ3v) is 4.09. The van der Waals surface area contributed by atoms with Crippen molar-refractivity contribution < 1.29 is 19.1 Å². The highest BCUT2D eigenvalue weighted by Gasteiger charge is 2.15. The second-order valence-electron chi connectivity index (χ2n) is 5.75. The fourth-order valence-corrected chi connectivity index (χ4v) is 2.84. The van der Waals surface area contributed by atoms with E-state index in [9.17, 15) is 9.59 Å². The Balaban J connectivity index is 1.37. The van der Waals surface area contributed by atoms with Gasteiger partial charge in [-0.15, -0.1) is 0 Å². The fourth-order valence-electron chi connectivity index (χ4n) is 2.84. The number of ether oxygens (including phenoxy) is 2. The van der Waals surface area contributed by atoms with Crippen molar-refractivity contribution in [1.29, 1.82) is 0 Å². The van der Waals surface area contributed by atoms with E-state index >= 15 is 0 Å². The summed E-state index contributed by atoms with van der Waals surface area (Å²) in [6.07, 6.45) is 1.98. The highest BCUT2D eigenvalue weighted by molar-refractivity contribution is 5.96. The lowest BCUT2D eigenvalue weighted by atomic mass is 10.2. The number of fused-ring (bicyclic) bond motifs is 2. The molecule has 1 aliphatic heterocycles. The summed E-state index contributed by atoms with van der Waals surface area (Å²) in [5.74, 6) is 0.936. The predicted octanol–water partition coefficient (Wildman–Crippen LogP) is 3.43. The van der Waals surface area contributed by atoms with Crippen molar-refractivity contribution in [3.05, 3.63) is 54.7 Å². The number of hydrogen-bond acceptors (Lipinski definition) is 4. The van der Waals surface area contributed by atoms with Crippen molar-refractivity contribution in [3.63, 3.8) is 0 Å². The van der Waals surface area contributed by atoms with Crippen LogP contribution in [-0.2, 0) is 4.79 Å². The smallest absolute Gasteiger partial charge is 0.231 e. The van der Waals surface area contributed by atoms with Crippen LogP contribution in [0, 0.1) is 0 Å². The van der Waals surface area contributed by atoms with Crippen LogP contribution in [0.3, 0.4) is 0 Å². The summed E-state index contributed by atoms with van der Waals surface area (Å²) in [7, 11) is 0. The van der Waals surface area contributed by atoms with Gasteiger partial charge in [0.25, 0.3) is 0 Å². The van der Waals surface area contributed by atoms with Crippen LogP contribution in [0.25, 0.3) is 10.9 Å². The van der Waals surface area contributed by atoms with Crippen LogP contribution in [-0.4, -0.2) is 23.2 Å². The van der Waals surface area contributed by atoms with E-state index in [1.807, 2.05) is 30.3 Å². The van der Waals surface area contributed by atoms with Gasteiger partial charge < -0.3 is 14.8 Å². The Morgan fingerprint density at radius 2 is 1.84 bits per heavy atom. The Morgan fingerprint density at radius 3 is 2.76 bits per heavy atom. The zero-order valence-corrected chi connectivity index (χ0v) is 13.4. The van der Waals surface area contributed by atoms with Crippen molar-refractivity contribution in [1.82, 2.24) is 4.57 Å². The van der Waals surface area contributed by atoms with Gasteiger partial charge in [0, 0.05) is 36.2 Å². The largest absolute Gasteiger partial charge is 0.454 e. The van der Waals surface area contributed by atoms with Gasteiger partial charge in [0.1, 0.15) is 0 Å². The fraction of sp³-hybridized carbons (Fsp3) is 0.158. The number of carbonyl (C=O) groups excluding carboxylic acids is 2. The molecule has 6 nitrogen and oxygen atoms in total. The number of carbonyl (C=O) groups is 2. The lowest BCUT2D eigenvalue weighted by Gasteiger charge is -2.07. The second-order valence-corrected chi connectivity index (χ2v) is 5.75. The molecule has 0 unspecified atom stereocenters. The molecule has 1 N–H and O–H groups in total. The molecule has 0 atom stereocenters. The molecular weight excluding hydrogens is 320 g/mol. The molecule has 6 heteroatoms. The number of amides is 1. The van der Waals surface area contributed by atoms with Gasteiger partial charge in [0.05, 0.1) is 5.52 Å². The first-order valence-corrected chi connectivity index (χ1v) is 7.99. The molecule has 0 fully saturated rings. The first kappa shape index (κ1) is 15.3. The van der Waals surface area contributed by atoms with Gasteiger partial charge in [-0.2, -0.15) is 0 Å². The number of hydrogen-bond donors (Lipinski definition) is 1. The number of aromatic nitrogens is 1. The van der Waals surface area contributed by atoms with Crippen LogP contribution in [0.5, 0.6) is 11.5 Å². The molecular formula is C19H16N2O4. The van der Waals surface area contributed by atoms with Crippen molar-refractivity contribution in [2.45, 2.75) is 12.8 Å². The summed E-state index contributed by atoms with van der Waals surface area (Å²) in [4.78, 5) is 24.5. The molecule has 0 saturated heterocycles. The Labute approximate surface area is 144 Å². The number of rotatable bonds is 4. The third-order valence-electron chi connectivity index (χ3n) is 4.09.